The third-order valence-electron chi connectivity index (χ3n) is 4.30. The molecule has 3 nitrogen and oxygen atoms in total. The number of hydrogen-bond donors (Lipinski definition) is 0. The van der Waals surface area contributed by atoms with E-state index in [2.05, 4.69) is 29.7 Å². The molecule has 1 amide bonds. The lowest BCUT2D eigenvalue weighted by Crippen LogP contribution is -2.48. The van der Waals surface area contributed by atoms with Gasteiger partial charge in [0.2, 0.25) is 5.91 Å². The van der Waals surface area contributed by atoms with Gasteiger partial charge in [-0.15, -0.1) is 6.58 Å². The molecule has 0 atom stereocenters. The van der Waals surface area contributed by atoms with E-state index in [1.54, 1.807) is 6.08 Å². The minimum absolute atomic E-state index is 0.0937. The van der Waals surface area contributed by atoms with E-state index in [9.17, 15) is 4.79 Å². The summed E-state index contributed by atoms with van der Waals surface area (Å²) < 4.78 is 0. The van der Waals surface area contributed by atoms with Gasteiger partial charge in [-0.1, -0.05) is 48.5 Å². The topological polar surface area (TPSA) is 23.6 Å². The fraction of sp³-hybridized carbons (Fsp3) is 0.250. The molecule has 1 fully saturated rings. The largest absolute Gasteiger partial charge is 0.337 e. The molecule has 0 saturated carbocycles. The molecule has 2 aromatic rings. The highest BCUT2D eigenvalue weighted by atomic mass is 16.2. The van der Waals surface area contributed by atoms with Gasteiger partial charge in [-0.2, -0.15) is 0 Å². The second kappa shape index (κ2) is 7.25. The Hall–Kier alpha value is -2.39. The SMILES string of the molecule is C=CCN1CCN(C(=O)C=Cc2cccc3ccccc23)CC1. The molecule has 0 aliphatic carbocycles. The number of rotatable bonds is 4. The average molecular weight is 306 g/mol. The fourth-order valence-electron chi connectivity index (χ4n) is 3.00. The van der Waals surface area contributed by atoms with E-state index < -0.39 is 0 Å². The van der Waals surface area contributed by atoms with Crippen LogP contribution in [0.3, 0.4) is 0 Å². The van der Waals surface area contributed by atoms with Crippen LogP contribution in [0.4, 0.5) is 0 Å². The Morgan fingerprint density at radius 3 is 2.57 bits per heavy atom. The normalized spacial score (nSPS) is 16.1. The van der Waals surface area contributed by atoms with Crippen LogP contribution in [0.15, 0.2) is 61.2 Å². The summed E-state index contributed by atoms with van der Waals surface area (Å²) in [4.78, 5) is 16.6. The van der Waals surface area contributed by atoms with E-state index in [0.717, 1.165) is 38.3 Å². The van der Waals surface area contributed by atoms with Crippen molar-refractivity contribution in [2.75, 3.05) is 32.7 Å². The number of fused-ring (bicyclic) bond motifs is 1. The Bertz CT molecular complexity index is 722. The van der Waals surface area contributed by atoms with Crippen molar-refractivity contribution in [1.29, 1.82) is 0 Å². The number of amides is 1. The van der Waals surface area contributed by atoms with Gasteiger partial charge in [0.1, 0.15) is 0 Å². The zero-order chi connectivity index (χ0) is 16.1. The van der Waals surface area contributed by atoms with Gasteiger partial charge in [0.15, 0.2) is 0 Å². The van der Waals surface area contributed by atoms with Gasteiger partial charge in [-0.25, -0.2) is 0 Å². The van der Waals surface area contributed by atoms with Crippen LogP contribution in [0.25, 0.3) is 16.8 Å². The lowest BCUT2D eigenvalue weighted by Gasteiger charge is -2.33. The Morgan fingerprint density at radius 1 is 1.04 bits per heavy atom. The van der Waals surface area contributed by atoms with Crippen LogP contribution >= 0.6 is 0 Å². The molecule has 0 bridgehead atoms. The summed E-state index contributed by atoms with van der Waals surface area (Å²) in [5, 5.41) is 2.37. The van der Waals surface area contributed by atoms with Crippen LogP contribution < -0.4 is 0 Å². The number of hydrogen-bond acceptors (Lipinski definition) is 2. The zero-order valence-electron chi connectivity index (χ0n) is 13.3. The number of piperazine rings is 1. The smallest absolute Gasteiger partial charge is 0.246 e. The van der Waals surface area contributed by atoms with Crippen LogP contribution in [0.5, 0.6) is 0 Å². The van der Waals surface area contributed by atoms with E-state index in [4.69, 9.17) is 0 Å². The predicted octanol–water partition coefficient (Wildman–Crippen LogP) is 3.18. The van der Waals surface area contributed by atoms with Gasteiger partial charge >= 0.3 is 0 Å². The highest BCUT2D eigenvalue weighted by Crippen LogP contribution is 2.19. The van der Waals surface area contributed by atoms with E-state index in [0.29, 0.717) is 0 Å². The molecule has 0 unspecified atom stereocenters. The van der Waals surface area contributed by atoms with Gasteiger partial charge in [0.25, 0.3) is 0 Å². The first kappa shape index (κ1) is 15.5. The third-order valence-corrected chi connectivity index (χ3v) is 4.30. The van der Waals surface area contributed by atoms with Crippen molar-refractivity contribution in [3.63, 3.8) is 0 Å². The lowest BCUT2D eigenvalue weighted by molar-refractivity contribution is -0.127. The van der Waals surface area contributed by atoms with Gasteiger partial charge in [0, 0.05) is 38.8 Å². The highest BCUT2D eigenvalue weighted by molar-refractivity contribution is 5.96. The molecular weight excluding hydrogens is 284 g/mol. The minimum atomic E-state index is 0.0937. The second-order valence-corrected chi connectivity index (χ2v) is 5.82. The Kier molecular flexibility index (Phi) is 4.89. The number of benzene rings is 2. The molecule has 3 rings (SSSR count). The third kappa shape index (κ3) is 3.69. The molecule has 118 valence electrons. The quantitative estimate of drug-likeness (QED) is 0.640. The summed E-state index contributed by atoms with van der Waals surface area (Å²) >= 11 is 0. The van der Waals surface area contributed by atoms with Gasteiger partial charge in [0.05, 0.1) is 0 Å². The monoisotopic (exact) mass is 306 g/mol. The summed E-state index contributed by atoms with van der Waals surface area (Å²) in [6.07, 6.45) is 5.55. The molecule has 1 heterocycles. The molecule has 0 aromatic heterocycles. The number of carbonyl (C=O) groups excluding carboxylic acids is 1. The Labute approximate surface area is 137 Å². The molecule has 0 spiro atoms. The number of carbonyl (C=O) groups is 1. The molecule has 1 aliphatic rings. The minimum Gasteiger partial charge on any atom is -0.337 e. The van der Waals surface area contributed by atoms with E-state index in [1.165, 1.54) is 10.8 Å². The van der Waals surface area contributed by atoms with Crippen molar-refractivity contribution >= 4 is 22.8 Å². The molecule has 2 aromatic carbocycles. The summed E-state index contributed by atoms with van der Waals surface area (Å²) in [6.45, 7) is 8.06. The molecule has 0 N–H and O–H groups in total. The molecule has 0 radical (unpaired) electrons. The van der Waals surface area contributed by atoms with Gasteiger partial charge < -0.3 is 4.90 Å². The lowest BCUT2D eigenvalue weighted by atomic mass is 10.0. The first-order valence-electron chi connectivity index (χ1n) is 8.06. The summed E-state index contributed by atoms with van der Waals surface area (Å²) in [5.74, 6) is 0.0937. The van der Waals surface area contributed by atoms with E-state index in [-0.39, 0.29) is 5.91 Å². The maximum atomic E-state index is 12.4. The molecule has 1 aliphatic heterocycles. The van der Waals surface area contributed by atoms with Crippen LogP contribution in [0.1, 0.15) is 5.56 Å². The van der Waals surface area contributed by atoms with Crippen molar-refractivity contribution < 1.29 is 4.79 Å². The maximum Gasteiger partial charge on any atom is 0.246 e. The maximum absolute atomic E-state index is 12.4. The van der Waals surface area contributed by atoms with Crippen LogP contribution in [0, 0.1) is 0 Å². The molecule has 1 saturated heterocycles. The average Bonchev–Trinajstić information content (AvgIpc) is 2.60. The zero-order valence-corrected chi connectivity index (χ0v) is 13.3. The number of nitrogens with zero attached hydrogens (tertiary/aromatic N) is 2. The standard InChI is InChI=1S/C20H22N2O/c1-2-12-21-13-15-22(16-14-21)20(23)11-10-18-8-5-7-17-6-3-4-9-19(17)18/h2-11H,1,12-16H2. The van der Waals surface area contributed by atoms with Crippen molar-refractivity contribution in [3.8, 4) is 0 Å². The Balaban J connectivity index is 1.68. The molecule has 3 heteroatoms. The highest BCUT2D eigenvalue weighted by Gasteiger charge is 2.18. The molecular formula is C20H22N2O. The van der Waals surface area contributed by atoms with Crippen molar-refractivity contribution in [2.24, 2.45) is 0 Å². The Morgan fingerprint density at radius 2 is 1.78 bits per heavy atom. The summed E-state index contributed by atoms with van der Waals surface area (Å²) in [5.41, 5.74) is 1.08. The fourth-order valence-corrected chi connectivity index (χ4v) is 3.00. The van der Waals surface area contributed by atoms with E-state index >= 15 is 0 Å². The summed E-state index contributed by atoms with van der Waals surface area (Å²) in [7, 11) is 0. The summed E-state index contributed by atoms with van der Waals surface area (Å²) in [6, 6.07) is 14.4. The first-order valence-corrected chi connectivity index (χ1v) is 8.06. The van der Waals surface area contributed by atoms with Gasteiger partial charge in [-0.05, 0) is 22.4 Å². The van der Waals surface area contributed by atoms with Gasteiger partial charge in [-0.3, -0.25) is 9.69 Å². The predicted molar refractivity (Wildman–Crippen MR) is 96.2 cm³/mol. The van der Waals surface area contributed by atoms with Crippen molar-refractivity contribution in [2.45, 2.75) is 0 Å². The van der Waals surface area contributed by atoms with Crippen LogP contribution in [0.2, 0.25) is 0 Å². The van der Waals surface area contributed by atoms with E-state index in [1.807, 2.05) is 41.3 Å². The molecule has 23 heavy (non-hydrogen) atoms. The second-order valence-electron chi connectivity index (χ2n) is 5.82. The van der Waals surface area contributed by atoms with Crippen molar-refractivity contribution in [1.82, 2.24) is 9.80 Å². The first-order chi connectivity index (χ1) is 11.3. The van der Waals surface area contributed by atoms with Crippen LogP contribution in [-0.4, -0.2) is 48.4 Å². The van der Waals surface area contributed by atoms with Crippen LogP contribution in [-0.2, 0) is 4.79 Å². The van der Waals surface area contributed by atoms with Crippen molar-refractivity contribution in [3.05, 3.63) is 66.8 Å².